The second-order valence-electron chi connectivity index (χ2n) is 3.73. The van der Waals surface area contributed by atoms with Crippen LogP contribution >= 0.6 is 11.8 Å². The van der Waals surface area contributed by atoms with Crippen molar-refractivity contribution in [1.82, 2.24) is 4.90 Å². The number of aliphatic imine (C=N–C) groups is 1. The molecule has 0 spiro atoms. The van der Waals surface area contributed by atoms with Crippen molar-refractivity contribution < 1.29 is 4.39 Å². The third kappa shape index (κ3) is 1.35. The van der Waals surface area contributed by atoms with E-state index >= 15 is 0 Å². The minimum Gasteiger partial charge on any atom is -0.305 e. The topological polar surface area (TPSA) is 39.5 Å². The molecule has 0 aliphatic carbocycles. The standard InChI is InChI=1S/C11H10FN3S/c12-7-3-1-4-8-9(7)10-14-5-2-6-15(10)11(13)16-8/h1,3-4,13H,2,5-6H2. The van der Waals surface area contributed by atoms with Crippen molar-refractivity contribution in [2.75, 3.05) is 13.1 Å². The van der Waals surface area contributed by atoms with E-state index in [0.29, 0.717) is 16.6 Å². The Morgan fingerprint density at radius 2 is 2.31 bits per heavy atom. The number of nitrogens with zero attached hydrogens (tertiary/aromatic N) is 2. The Balaban J connectivity index is 2.22. The quantitative estimate of drug-likeness (QED) is 0.749. The molecule has 2 aliphatic rings. The number of amidine groups is 2. The van der Waals surface area contributed by atoms with E-state index in [1.807, 2.05) is 6.07 Å². The monoisotopic (exact) mass is 235 g/mol. The van der Waals surface area contributed by atoms with E-state index in [4.69, 9.17) is 5.41 Å². The van der Waals surface area contributed by atoms with Crippen molar-refractivity contribution in [2.24, 2.45) is 4.99 Å². The number of fused-ring (bicyclic) bond motifs is 3. The van der Waals surface area contributed by atoms with Crippen LogP contribution in [0.3, 0.4) is 0 Å². The van der Waals surface area contributed by atoms with Gasteiger partial charge in [-0.05, 0) is 18.6 Å². The third-order valence-corrected chi connectivity index (χ3v) is 3.68. The summed E-state index contributed by atoms with van der Waals surface area (Å²) in [6.45, 7) is 1.48. The van der Waals surface area contributed by atoms with Crippen LogP contribution in [-0.4, -0.2) is 29.0 Å². The summed E-state index contributed by atoms with van der Waals surface area (Å²) in [5.74, 6) is 0.381. The zero-order valence-electron chi connectivity index (χ0n) is 8.53. The molecule has 1 N–H and O–H groups in total. The van der Waals surface area contributed by atoms with Gasteiger partial charge in [-0.2, -0.15) is 0 Å². The minimum absolute atomic E-state index is 0.247. The van der Waals surface area contributed by atoms with Crippen LogP contribution in [-0.2, 0) is 0 Å². The van der Waals surface area contributed by atoms with Crippen molar-refractivity contribution in [2.45, 2.75) is 11.3 Å². The third-order valence-electron chi connectivity index (χ3n) is 2.71. The van der Waals surface area contributed by atoms with Gasteiger partial charge in [-0.1, -0.05) is 17.8 Å². The number of hydrogen-bond acceptors (Lipinski definition) is 3. The minimum atomic E-state index is -0.247. The zero-order chi connectivity index (χ0) is 11.1. The molecular formula is C11H10FN3S. The molecular weight excluding hydrogens is 225 g/mol. The Morgan fingerprint density at radius 3 is 3.19 bits per heavy atom. The van der Waals surface area contributed by atoms with Gasteiger partial charge in [-0.15, -0.1) is 0 Å². The Labute approximate surface area is 96.9 Å². The van der Waals surface area contributed by atoms with Crippen LogP contribution in [0.1, 0.15) is 12.0 Å². The average molecular weight is 235 g/mol. The van der Waals surface area contributed by atoms with Gasteiger partial charge in [0.15, 0.2) is 5.17 Å². The highest BCUT2D eigenvalue weighted by molar-refractivity contribution is 8.14. The van der Waals surface area contributed by atoms with Crippen LogP contribution in [0.25, 0.3) is 0 Å². The molecule has 2 heterocycles. The molecule has 0 saturated carbocycles. The van der Waals surface area contributed by atoms with Crippen molar-refractivity contribution in [3.05, 3.63) is 29.6 Å². The van der Waals surface area contributed by atoms with E-state index in [0.717, 1.165) is 24.4 Å². The Bertz CT molecular complexity index is 498. The first kappa shape index (κ1) is 9.84. The van der Waals surface area contributed by atoms with E-state index in [2.05, 4.69) is 4.99 Å². The molecule has 0 bridgehead atoms. The number of hydrogen-bond donors (Lipinski definition) is 1. The van der Waals surface area contributed by atoms with Crippen LogP contribution in [0.2, 0.25) is 0 Å². The summed E-state index contributed by atoms with van der Waals surface area (Å²) in [5, 5.41) is 8.34. The highest BCUT2D eigenvalue weighted by atomic mass is 32.2. The van der Waals surface area contributed by atoms with Crippen molar-refractivity contribution in [3.8, 4) is 0 Å². The molecule has 3 nitrogen and oxygen atoms in total. The van der Waals surface area contributed by atoms with Crippen molar-refractivity contribution in [3.63, 3.8) is 0 Å². The Morgan fingerprint density at radius 1 is 1.44 bits per heavy atom. The zero-order valence-corrected chi connectivity index (χ0v) is 9.35. The normalized spacial score (nSPS) is 18.9. The fourth-order valence-corrected chi connectivity index (χ4v) is 2.92. The average Bonchev–Trinajstić information content (AvgIpc) is 2.29. The van der Waals surface area contributed by atoms with E-state index in [9.17, 15) is 4.39 Å². The molecule has 5 heteroatoms. The predicted molar refractivity (Wildman–Crippen MR) is 62.7 cm³/mol. The van der Waals surface area contributed by atoms with Gasteiger partial charge in [-0.3, -0.25) is 10.4 Å². The molecule has 0 amide bonds. The van der Waals surface area contributed by atoms with Crippen LogP contribution < -0.4 is 0 Å². The largest absolute Gasteiger partial charge is 0.305 e. The fourth-order valence-electron chi connectivity index (χ4n) is 1.98. The van der Waals surface area contributed by atoms with Crippen LogP contribution in [0.4, 0.5) is 4.39 Å². The molecule has 0 saturated heterocycles. The van der Waals surface area contributed by atoms with Crippen molar-refractivity contribution in [1.29, 1.82) is 5.41 Å². The number of benzene rings is 1. The van der Waals surface area contributed by atoms with Gasteiger partial charge in [0.25, 0.3) is 0 Å². The van der Waals surface area contributed by atoms with Gasteiger partial charge >= 0.3 is 0 Å². The van der Waals surface area contributed by atoms with Gasteiger partial charge in [0.05, 0.1) is 5.56 Å². The van der Waals surface area contributed by atoms with Crippen molar-refractivity contribution >= 4 is 22.8 Å². The molecule has 1 aromatic rings. The highest BCUT2D eigenvalue weighted by Gasteiger charge is 2.31. The first-order chi connectivity index (χ1) is 7.77. The molecule has 82 valence electrons. The lowest BCUT2D eigenvalue weighted by Crippen LogP contribution is -2.42. The summed E-state index contributed by atoms with van der Waals surface area (Å²) in [6, 6.07) is 4.96. The Kier molecular flexibility index (Phi) is 2.21. The lowest BCUT2D eigenvalue weighted by atomic mass is 10.1. The van der Waals surface area contributed by atoms with Gasteiger partial charge in [0, 0.05) is 18.0 Å². The molecule has 3 rings (SSSR count). The summed E-state index contributed by atoms with van der Waals surface area (Å²) in [5.41, 5.74) is 0.559. The second kappa shape index (κ2) is 3.59. The maximum absolute atomic E-state index is 13.8. The molecule has 0 radical (unpaired) electrons. The van der Waals surface area contributed by atoms with E-state index in [-0.39, 0.29) is 5.82 Å². The van der Waals surface area contributed by atoms with Crippen LogP contribution in [0, 0.1) is 11.2 Å². The van der Waals surface area contributed by atoms with E-state index in [1.54, 1.807) is 11.0 Å². The predicted octanol–water partition coefficient (Wildman–Crippen LogP) is 2.32. The molecule has 1 aromatic carbocycles. The molecule has 2 aliphatic heterocycles. The molecule has 0 aromatic heterocycles. The van der Waals surface area contributed by atoms with Gasteiger partial charge in [0.1, 0.15) is 11.7 Å². The maximum Gasteiger partial charge on any atom is 0.166 e. The first-order valence-electron chi connectivity index (χ1n) is 5.14. The van der Waals surface area contributed by atoms with Crippen LogP contribution in [0.5, 0.6) is 0 Å². The second-order valence-corrected chi connectivity index (χ2v) is 4.76. The summed E-state index contributed by atoms with van der Waals surface area (Å²) in [4.78, 5) is 6.94. The number of halogens is 1. The smallest absolute Gasteiger partial charge is 0.166 e. The van der Waals surface area contributed by atoms with E-state index in [1.165, 1.54) is 17.8 Å². The SMILES string of the molecule is N=C1Sc2cccc(F)c2C2=NCCCN12. The number of thioether (sulfide) groups is 1. The van der Waals surface area contributed by atoms with Gasteiger partial charge in [-0.25, -0.2) is 4.39 Å². The molecule has 0 fully saturated rings. The first-order valence-corrected chi connectivity index (χ1v) is 5.96. The number of nitrogens with one attached hydrogen (secondary N) is 1. The lowest BCUT2D eigenvalue weighted by molar-refractivity contribution is 0.542. The summed E-state index contributed by atoms with van der Waals surface area (Å²) >= 11 is 1.30. The Hall–Kier alpha value is -1.36. The van der Waals surface area contributed by atoms with Crippen LogP contribution in [0.15, 0.2) is 28.1 Å². The summed E-state index contributed by atoms with van der Waals surface area (Å²) in [6.07, 6.45) is 0.927. The molecule has 0 unspecified atom stereocenters. The fraction of sp³-hybridized carbons (Fsp3) is 0.273. The molecule has 0 atom stereocenters. The highest BCUT2D eigenvalue weighted by Crippen LogP contribution is 2.34. The lowest BCUT2D eigenvalue weighted by Gasteiger charge is -2.33. The van der Waals surface area contributed by atoms with E-state index < -0.39 is 0 Å². The van der Waals surface area contributed by atoms with Gasteiger partial charge in [0.2, 0.25) is 0 Å². The number of rotatable bonds is 0. The maximum atomic E-state index is 13.8. The summed E-state index contributed by atoms with van der Waals surface area (Å²) < 4.78 is 13.8. The van der Waals surface area contributed by atoms with Gasteiger partial charge < -0.3 is 4.90 Å². The molecule has 16 heavy (non-hydrogen) atoms. The summed E-state index contributed by atoms with van der Waals surface area (Å²) in [7, 11) is 0.